The molecule has 2 aliphatic heterocycles. The van der Waals surface area contributed by atoms with Crippen LogP contribution in [0.3, 0.4) is 0 Å². The molecule has 0 aliphatic carbocycles. The normalized spacial score (nSPS) is 19.3. The van der Waals surface area contributed by atoms with Gasteiger partial charge in [0.15, 0.2) is 0 Å². The first-order valence-electron chi connectivity index (χ1n) is 5.89. The Morgan fingerprint density at radius 3 is 2.21 bits per heavy atom. The maximum Gasteiger partial charge on any atom is 0.311 e. The van der Waals surface area contributed by atoms with Gasteiger partial charge in [0.2, 0.25) is 0 Å². The molecule has 2 saturated heterocycles. The van der Waals surface area contributed by atoms with E-state index >= 15 is 0 Å². The first-order valence-corrected chi connectivity index (χ1v) is 9.66. The number of hydrogen-bond donors (Lipinski definition) is 1. The number of carbonyl (C=O) groups is 1. The molecule has 2 aliphatic rings. The summed E-state index contributed by atoms with van der Waals surface area (Å²) in [6.07, 6.45) is 0. The predicted molar refractivity (Wildman–Crippen MR) is 90.1 cm³/mol. The molecule has 1 N–H and O–H groups in total. The van der Waals surface area contributed by atoms with Gasteiger partial charge >= 0.3 is 7.59 Å². The third kappa shape index (κ3) is 2.99. The topological polar surface area (TPSA) is 52.2 Å². The second-order valence-electron chi connectivity index (χ2n) is 4.52. The van der Waals surface area contributed by atoms with Gasteiger partial charge in [-0.3, -0.25) is 14.4 Å². The van der Waals surface area contributed by atoms with E-state index in [2.05, 4.69) is 50.3 Å². The highest BCUT2D eigenvalue weighted by Crippen LogP contribution is 2.56. The molecule has 1 amide bonds. The highest BCUT2D eigenvalue weighted by atomic mass is 127. The van der Waals surface area contributed by atoms with Gasteiger partial charge in [-0.2, -0.15) is 0 Å². The van der Waals surface area contributed by atoms with E-state index in [1.54, 1.807) is 6.07 Å². The predicted octanol–water partition coefficient (Wildman–Crippen LogP) is 2.36. The minimum absolute atomic E-state index is 0.247. The van der Waals surface area contributed by atoms with Crippen LogP contribution in [-0.2, 0) is 4.57 Å². The lowest BCUT2D eigenvalue weighted by Gasteiger charge is -2.21. The van der Waals surface area contributed by atoms with Crippen molar-refractivity contribution in [3.05, 3.63) is 30.9 Å². The third-order valence-electron chi connectivity index (χ3n) is 3.04. The molecule has 8 heteroatoms. The number of hydrogen-bond acceptors (Lipinski definition) is 2. The lowest BCUT2D eigenvalue weighted by molar-refractivity contribution is 0.0977. The SMILES string of the molecule is O=C(NP(=O)(N1CC1)N1CC1)c1ccc(I)cc1I. The molecule has 19 heavy (non-hydrogen) atoms. The largest absolute Gasteiger partial charge is 0.311 e. The summed E-state index contributed by atoms with van der Waals surface area (Å²) in [6.45, 7) is 3.21. The number of rotatable bonds is 4. The van der Waals surface area contributed by atoms with Crippen LogP contribution in [-0.4, -0.2) is 41.4 Å². The fourth-order valence-electron chi connectivity index (χ4n) is 1.82. The molecule has 5 nitrogen and oxygen atoms in total. The zero-order valence-electron chi connectivity index (χ0n) is 9.97. The van der Waals surface area contributed by atoms with Crippen LogP contribution in [0.1, 0.15) is 10.4 Å². The maximum absolute atomic E-state index is 12.8. The Kier molecular flexibility index (Phi) is 3.94. The number of amides is 1. The van der Waals surface area contributed by atoms with E-state index in [0.29, 0.717) is 5.56 Å². The number of carbonyl (C=O) groups excluding carboxylic acids is 1. The van der Waals surface area contributed by atoms with Crippen LogP contribution in [0.25, 0.3) is 0 Å². The highest BCUT2D eigenvalue weighted by Gasteiger charge is 2.49. The van der Waals surface area contributed by atoms with Crippen LogP contribution >= 0.6 is 52.8 Å². The van der Waals surface area contributed by atoms with E-state index in [1.165, 1.54) is 0 Å². The van der Waals surface area contributed by atoms with Crippen molar-refractivity contribution >= 4 is 58.7 Å². The smallest absolute Gasteiger partial charge is 0.279 e. The molecule has 0 saturated carbocycles. The molecule has 0 spiro atoms. The zero-order chi connectivity index (χ0) is 13.6. The summed E-state index contributed by atoms with van der Waals surface area (Å²) in [6, 6.07) is 5.61. The molecular formula is C11H12I2N3O2P. The monoisotopic (exact) mass is 503 g/mol. The van der Waals surface area contributed by atoms with Crippen LogP contribution in [0.2, 0.25) is 0 Å². The summed E-state index contributed by atoms with van der Waals surface area (Å²) in [4.78, 5) is 12.3. The Balaban J connectivity index is 1.82. The van der Waals surface area contributed by atoms with E-state index in [1.807, 2.05) is 21.5 Å². The molecule has 0 aromatic heterocycles. The van der Waals surface area contributed by atoms with Crippen molar-refractivity contribution in [1.29, 1.82) is 0 Å². The van der Waals surface area contributed by atoms with Crippen molar-refractivity contribution in [2.24, 2.45) is 0 Å². The van der Waals surface area contributed by atoms with Gasteiger partial charge in [0.25, 0.3) is 5.91 Å². The van der Waals surface area contributed by atoms with Gasteiger partial charge in [0, 0.05) is 33.3 Å². The summed E-state index contributed by atoms with van der Waals surface area (Å²) < 4.78 is 18.5. The third-order valence-corrected chi connectivity index (χ3v) is 7.43. The second kappa shape index (κ2) is 5.25. The van der Waals surface area contributed by atoms with Crippen molar-refractivity contribution in [1.82, 2.24) is 14.4 Å². The maximum atomic E-state index is 12.8. The van der Waals surface area contributed by atoms with E-state index < -0.39 is 7.59 Å². The van der Waals surface area contributed by atoms with Gasteiger partial charge in [-0.1, -0.05) is 0 Å². The Bertz CT molecular complexity index is 571. The van der Waals surface area contributed by atoms with E-state index in [4.69, 9.17) is 0 Å². The second-order valence-corrected chi connectivity index (χ2v) is 9.37. The quantitative estimate of drug-likeness (QED) is 0.390. The molecule has 0 unspecified atom stereocenters. The van der Waals surface area contributed by atoms with Crippen LogP contribution in [0, 0.1) is 7.14 Å². The minimum atomic E-state index is -2.83. The summed E-state index contributed by atoms with van der Waals surface area (Å²) in [5.74, 6) is -0.247. The summed E-state index contributed by atoms with van der Waals surface area (Å²) in [5.41, 5.74) is 0.588. The van der Waals surface area contributed by atoms with Gasteiger partial charge in [-0.25, -0.2) is 9.34 Å². The summed E-state index contributed by atoms with van der Waals surface area (Å²) in [7, 11) is -2.83. The molecule has 2 heterocycles. The fraction of sp³-hybridized carbons (Fsp3) is 0.364. The van der Waals surface area contributed by atoms with E-state index in [9.17, 15) is 9.36 Å². The number of halogens is 2. The van der Waals surface area contributed by atoms with Gasteiger partial charge < -0.3 is 0 Å². The average Bonchev–Trinajstić information content (AvgIpc) is 3.18. The van der Waals surface area contributed by atoms with Gasteiger partial charge in [0.1, 0.15) is 0 Å². The Labute approximate surface area is 138 Å². The van der Waals surface area contributed by atoms with E-state index in [-0.39, 0.29) is 5.91 Å². The lowest BCUT2D eigenvalue weighted by Crippen LogP contribution is -2.28. The average molecular weight is 503 g/mol. The molecular weight excluding hydrogens is 491 g/mol. The number of nitrogens with zero attached hydrogens (tertiary/aromatic N) is 2. The molecule has 0 atom stereocenters. The standard InChI is InChI=1S/C11H12I2N3O2P/c12-8-1-2-9(10(13)7-8)11(17)14-19(18,15-3-4-15)16-5-6-16/h1-2,7H,3-6H2,(H,14,17,18). The minimum Gasteiger partial charge on any atom is -0.279 e. The van der Waals surface area contributed by atoms with Gasteiger partial charge in [-0.05, 0) is 63.4 Å². The van der Waals surface area contributed by atoms with Crippen molar-refractivity contribution in [2.75, 3.05) is 26.2 Å². The van der Waals surface area contributed by atoms with Crippen LogP contribution in [0.5, 0.6) is 0 Å². The lowest BCUT2D eigenvalue weighted by atomic mass is 10.2. The molecule has 102 valence electrons. The van der Waals surface area contributed by atoms with Crippen LogP contribution in [0.4, 0.5) is 0 Å². The number of benzene rings is 1. The molecule has 3 rings (SSSR count). The fourth-order valence-corrected chi connectivity index (χ4v) is 5.95. The Hall–Kier alpha value is 0.300. The van der Waals surface area contributed by atoms with Crippen molar-refractivity contribution in [3.8, 4) is 0 Å². The Morgan fingerprint density at radius 2 is 1.74 bits per heavy atom. The van der Waals surface area contributed by atoms with Crippen LogP contribution in [0.15, 0.2) is 18.2 Å². The van der Waals surface area contributed by atoms with E-state index in [0.717, 1.165) is 33.3 Å². The zero-order valence-corrected chi connectivity index (χ0v) is 15.2. The molecule has 0 bridgehead atoms. The first kappa shape index (κ1) is 14.2. The van der Waals surface area contributed by atoms with Gasteiger partial charge in [-0.15, -0.1) is 0 Å². The summed E-state index contributed by atoms with van der Waals surface area (Å²) >= 11 is 4.34. The van der Waals surface area contributed by atoms with Crippen molar-refractivity contribution < 1.29 is 9.36 Å². The summed E-state index contributed by atoms with van der Waals surface area (Å²) in [5, 5.41) is 2.76. The van der Waals surface area contributed by atoms with Crippen molar-refractivity contribution in [2.45, 2.75) is 0 Å². The number of nitrogens with one attached hydrogen (secondary N) is 1. The molecule has 0 radical (unpaired) electrons. The molecule has 2 fully saturated rings. The first-order chi connectivity index (χ1) is 9.00. The van der Waals surface area contributed by atoms with Crippen molar-refractivity contribution in [3.63, 3.8) is 0 Å². The molecule has 1 aromatic carbocycles. The van der Waals surface area contributed by atoms with Crippen LogP contribution < -0.4 is 5.09 Å². The molecule has 1 aromatic rings. The Morgan fingerprint density at radius 1 is 1.16 bits per heavy atom. The highest BCUT2D eigenvalue weighted by molar-refractivity contribution is 14.1. The van der Waals surface area contributed by atoms with Gasteiger partial charge in [0.05, 0.1) is 5.56 Å².